The van der Waals surface area contributed by atoms with Gasteiger partial charge in [-0.25, -0.2) is 0 Å². The highest BCUT2D eigenvalue weighted by Crippen LogP contribution is 2.40. The fourth-order valence-corrected chi connectivity index (χ4v) is 4.28. The number of hydrogen-bond donors (Lipinski definition) is 0. The van der Waals surface area contributed by atoms with Crippen LogP contribution >= 0.6 is 0 Å². The Morgan fingerprint density at radius 2 is 1.51 bits per heavy atom. The summed E-state index contributed by atoms with van der Waals surface area (Å²) >= 11 is 0. The van der Waals surface area contributed by atoms with E-state index in [1.54, 1.807) is 40.6 Å². The molecule has 7 nitrogen and oxygen atoms in total. The van der Waals surface area contributed by atoms with Crippen LogP contribution in [0.4, 0.5) is 0 Å². The predicted octanol–water partition coefficient (Wildman–Crippen LogP) is 4.66. The van der Waals surface area contributed by atoms with Crippen LogP contribution in [0.1, 0.15) is 16.7 Å². The molecule has 1 heterocycles. The van der Waals surface area contributed by atoms with Crippen LogP contribution in [0.25, 0.3) is 11.1 Å². The van der Waals surface area contributed by atoms with E-state index in [0.717, 1.165) is 22.3 Å². The van der Waals surface area contributed by atoms with Crippen molar-refractivity contribution in [2.75, 3.05) is 41.6 Å². The summed E-state index contributed by atoms with van der Waals surface area (Å²) in [6, 6.07) is 16.0. The van der Waals surface area contributed by atoms with Crippen LogP contribution in [-0.2, 0) is 17.8 Å². The van der Waals surface area contributed by atoms with Gasteiger partial charge in [0.25, 0.3) is 0 Å². The van der Waals surface area contributed by atoms with E-state index in [9.17, 15) is 4.79 Å². The van der Waals surface area contributed by atoms with Crippen molar-refractivity contribution in [1.29, 1.82) is 0 Å². The Morgan fingerprint density at radius 1 is 0.857 bits per heavy atom. The van der Waals surface area contributed by atoms with Gasteiger partial charge in [-0.1, -0.05) is 29.8 Å². The second-order valence-electron chi connectivity index (χ2n) is 8.41. The van der Waals surface area contributed by atoms with Crippen molar-refractivity contribution >= 4 is 5.91 Å². The van der Waals surface area contributed by atoms with Crippen LogP contribution in [0.3, 0.4) is 0 Å². The molecule has 0 saturated heterocycles. The Balaban J connectivity index is 1.62. The highest BCUT2D eigenvalue weighted by molar-refractivity contribution is 5.80. The molecule has 1 amide bonds. The van der Waals surface area contributed by atoms with Crippen molar-refractivity contribution in [3.05, 3.63) is 65.2 Å². The third-order valence-electron chi connectivity index (χ3n) is 6.14. The van der Waals surface area contributed by atoms with E-state index < -0.39 is 0 Å². The van der Waals surface area contributed by atoms with Crippen molar-refractivity contribution in [2.24, 2.45) is 0 Å². The molecule has 0 unspecified atom stereocenters. The first kappa shape index (κ1) is 24.3. The standard InChI is InChI=1S/C28H31NO6/c1-18-6-8-20(9-7-18)21-15-22-17-29(10-11-35-27(22)25(16-21)33-4)26(30)14-19-12-23(31-2)28(34-5)24(13-19)32-3/h6-9,12-13,15-16H,10-11,14,17H2,1-5H3. The summed E-state index contributed by atoms with van der Waals surface area (Å²) in [5.41, 5.74) is 4.98. The van der Waals surface area contributed by atoms with Crippen LogP contribution in [-0.4, -0.2) is 52.4 Å². The molecule has 35 heavy (non-hydrogen) atoms. The summed E-state index contributed by atoms with van der Waals surface area (Å²) < 4.78 is 28.0. The van der Waals surface area contributed by atoms with Gasteiger partial charge < -0.3 is 28.6 Å². The third kappa shape index (κ3) is 5.14. The lowest BCUT2D eigenvalue weighted by Crippen LogP contribution is -2.33. The van der Waals surface area contributed by atoms with Crippen molar-refractivity contribution in [3.63, 3.8) is 0 Å². The summed E-state index contributed by atoms with van der Waals surface area (Å²) in [5, 5.41) is 0. The average molecular weight is 478 g/mol. The molecule has 0 N–H and O–H groups in total. The van der Waals surface area contributed by atoms with Crippen LogP contribution in [0, 0.1) is 6.92 Å². The van der Waals surface area contributed by atoms with Gasteiger partial charge in [0, 0.05) is 12.1 Å². The second-order valence-corrected chi connectivity index (χ2v) is 8.41. The molecule has 0 aromatic heterocycles. The van der Waals surface area contributed by atoms with E-state index in [1.807, 2.05) is 11.0 Å². The molecule has 3 aromatic carbocycles. The predicted molar refractivity (Wildman–Crippen MR) is 134 cm³/mol. The van der Waals surface area contributed by atoms with Gasteiger partial charge >= 0.3 is 0 Å². The highest BCUT2D eigenvalue weighted by Gasteiger charge is 2.24. The highest BCUT2D eigenvalue weighted by atomic mass is 16.5. The van der Waals surface area contributed by atoms with Gasteiger partial charge in [0.2, 0.25) is 11.7 Å². The lowest BCUT2D eigenvalue weighted by molar-refractivity contribution is -0.131. The van der Waals surface area contributed by atoms with E-state index in [4.69, 9.17) is 23.7 Å². The Hall–Kier alpha value is -3.87. The maximum atomic E-state index is 13.4. The monoisotopic (exact) mass is 477 g/mol. The number of nitrogens with zero attached hydrogens (tertiary/aromatic N) is 1. The van der Waals surface area contributed by atoms with Crippen molar-refractivity contribution in [3.8, 4) is 39.9 Å². The molecular weight excluding hydrogens is 446 g/mol. The van der Waals surface area contributed by atoms with E-state index in [0.29, 0.717) is 48.4 Å². The number of amides is 1. The fraction of sp³-hybridized carbons (Fsp3) is 0.321. The Bertz CT molecular complexity index is 1180. The van der Waals surface area contributed by atoms with E-state index >= 15 is 0 Å². The molecule has 1 aliphatic rings. The molecule has 184 valence electrons. The minimum absolute atomic E-state index is 0.0181. The first-order valence-corrected chi connectivity index (χ1v) is 11.4. The van der Waals surface area contributed by atoms with Gasteiger partial charge in [-0.05, 0) is 47.9 Å². The number of methoxy groups -OCH3 is 4. The molecule has 0 radical (unpaired) electrons. The zero-order chi connectivity index (χ0) is 24.9. The summed E-state index contributed by atoms with van der Waals surface area (Å²) in [7, 11) is 6.31. The Morgan fingerprint density at radius 3 is 2.11 bits per heavy atom. The molecule has 0 bridgehead atoms. The number of hydrogen-bond acceptors (Lipinski definition) is 6. The maximum absolute atomic E-state index is 13.4. The summed E-state index contributed by atoms with van der Waals surface area (Å²) in [6.07, 6.45) is 0.195. The Labute approximate surface area is 206 Å². The third-order valence-corrected chi connectivity index (χ3v) is 6.14. The number of rotatable bonds is 7. The lowest BCUT2D eigenvalue weighted by Gasteiger charge is -2.21. The van der Waals surface area contributed by atoms with Crippen molar-refractivity contribution in [2.45, 2.75) is 19.9 Å². The van der Waals surface area contributed by atoms with E-state index in [-0.39, 0.29) is 12.3 Å². The molecule has 0 atom stereocenters. The lowest BCUT2D eigenvalue weighted by atomic mass is 10.00. The summed E-state index contributed by atoms with van der Waals surface area (Å²) in [5.74, 6) is 2.87. The molecule has 4 rings (SSSR count). The van der Waals surface area contributed by atoms with Crippen LogP contribution < -0.4 is 23.7 Å². The first-order valence-electron chi connectivity index (χ1n) is 11.4. The van der Waals surface area contributed by atoms with Gasteiger partial charge in [-0.2, -0.15) is 0 Å². The smallest absolute Gasteiger partial charge is 0.227 e. The molecule has 0 saturated carbocycles. The number of ether oxygens (including phenoxy) is 5. The van der Waals surface area contributed by atoms with Gasteiger partial charge in [0.05, 0.1) is 41.4 Å². The molecular formula is C28H31NO6. The minimum Gasteiger partial charge on any atom is -0.493 e. The van der Waals surface area contributed by atoms with E-state index in [1.165, 1.54) is 5.56 Å². The first-order chi connectivity index (χ1) is 17.0. The molecule has 7 heteroatoms. The molecule has 3 aromatic rings. The fourth-order valence-electron chi connectivity index (χ4n) is 4.28. The molecule has 0 aliphatic carbocycles. The normalized spacial score (nSPS) is 12.8. The summed E-state index contributed by atoms with van der Waals surface area (Å²) in [6.45, 7) is 3.34. The SMILES string of the molecule is COc1cc(-c2ccc(C)cc2)cc2c1OCCN(C(=O)Cc1cc(OC)c(OC)c(OC)c1)C2. The van der Waals surface area contributed by atoms with Gasteiger partial charge in [0.1, 0.15) is 6.61 Å². The van der Waals surface area contributed by atoms with Crippen LogP contribution in [0.15, 0.2) is 48.5 Å². The second kappa shape index (κ2) is 10.6. The minimum atomic E-state index is -0.0181. The van der Waals surface area contributed by atoms with Gasteiger partial charge in [-0.15, -0.1) is 0 Å². The number of fused-ring (bicyclic) bond motifs is 1. The van der Waals surface area contributed by atoms with Crippen LogP contribution in [0.2, 0.25) is 0 Å². The topological polar surface area (TPSA) is 66.5 Å². The molecule has 0 fully saturated rings. The molecule has 0 spiro atoms. The summed E-state index contributed by atoms with van der Waals surface area (Å²) in [4.78, 5) is 15.2. The maximum Gasteiger partial charge on any atom is 0.227 e. The number of benzene rings is 3. The quantitative estimate of drug-likeness (QED) is 0.493. The van der Waals surface area contributed by atoms with E-state index in [2.05, 4.69) is 37.3 Å². The Kier molecular flexibility index (Phi) is 7.34. The number of carbonyl (C=O) groups is 1. The zero-order valence-electron chi connectivity index (χ0n) is 20.8. The largest absolute Gasteiger partial charge is 0.493 e. The zero-order valence-corrected chi connectivity index (χ0v) is 20.8. The van der Waals surface area contributed by atoms with Crippen molar-refractivity contribution < 1.29 is 28.5 Å². The molecule has 1 aliphatic heterocycles. The van der Waals surface area contributed by atoms with Gasteiger partial charge in [-0.3, -0.25) is 4.79 Å². The average Bonchev–Trinajstić information content (AvgIpc) is 3.10. The van der Waals surface area contributed by atoms with Crippen molar-refractivity contribution in [1.82, 2.24) is 4.90 Å². The number of carbonyl (C=O) groups excluding carboxylic acids is 1. The van der Waals surface area contributed by atoms with Crippen LogP contribution in [0.5, 0.6) is 28.7 Å². The number of aryl methyl sites for hydroxylation is 1. The van der Waals surface area contributed by atoms with Gasteiger partial charge in [0.15, 0.2) is 23.0 Å².